The number of benzene rings is 1. The molecule has 1 atom stereocenters. The summed E-state index contributed by atoms with van der Waals surface area (Å²) in [5.74, 6) is -1.19. The number of rotatable bonds is 6. The van der Waals surface area contributed by atoms with Crippen molar-refractivity contribution in [3.8, 4) is 0 Å². The number of esters is 2. The maximum Gasteiger partial charge on any atom is 0.339 e. The average molecular weight is 398 g/mol. The van der Waals surface area contributed by atoms with Crippen LogP contribution in [0.2, 0.25) is 0 Å². The second kappa shape index (κ2) is 8.51. The molecule has 0 saturated heterocycles. The van der Waals surface area contributed by atoms with Gasteiger partial charge in [-0.05, 0) is 51.8 Å². The van der Waals surface area contributed by atoms with E-state index in [4.69, 9.17) is 9.47 Å². The smallest absolute Gasteiger partial charge is 0.339 e. The lowest BCUT2D eigenvalue weighted by molar-refractivity contribution is -0.154. The summed E-state index contributed by atoms with van der Waals surface area (Å²) in [6.45, 7) is 7.67. The second-order valence-electron chi connectivity index (χ2n) is 7.09. The Morgan fingerprint density at radius 1 is 1.17 bits per heavy atom. The first-order valence-corrected chi connectivity index (χ1v) is 9.76. The third-order valence-electron chi connectivity index (χ3n) is 5.17. The van der Waals surface area contributed by atoms with E-state index in [1.807, 2.05) is 24.3 Å². The number of ether oxygens (including phenoxy) is 2. The molecule has 1 aliphatic heterocycles. The molecule has 1 aromatic heterocycles. The maximum absolute atomic E-state index is 12.8. The number of hydrogen-bond acceptors (Lipinski definition) is 5. The molecule has 7 heteroatoms. The van der Waals surface area contributed by atoms with E-state index in [1.54, 1.807) is 43.2 Å². The number of fused-ring (bicyclic) bond motifs is 1. The van der Waals surface area contributed by atoms with Crippen LogP contribution in [0.3, 0.4) is 0 Å². The lowest BCUT2D eigenvalue weighted by Crippen LogP contribution is -2.39. The van der Waals surface area contributed by atoms with Gasteiger partial charge in [0.1, 0.15) is 6.54 Å². The molecule has 1 unspecified atom stereocenters. The number of aromatic nitrogens is 1. The van der Waals surface area contributed by atoms with Crippen molar-refractivity contribution in [2.75, 3.05) is 18.1 Å². The van der Waals surface area contributed by atoms with Crippen LogP contribution in [0.4, 0.5) is 5.69 Å². The quantitative estimate of drug-likeness (QED) is 0.700. The molecular formula is C22H26N2O5. The minimum Gasteiger partial charge on any atom is -0.462 e. The SMILES string of the molecule is CCOC(=O)c1cc(C)n(CC(=O)OC(C)C(=O)N2CCc3ccccc32)c1C. The molecule has 0 radical (unpaired) electrons. The van der Waals surface area contributed by atoms with Crippen LogP contribution in [0, 0.1) is 13.8 Å². The zero-order valence-electron chi connectivity index (χ0n) is 17.2. The first-order chi connectivity index (χ1) is 13.8. The fourth-order valence-corrected chi connectivity index (χ4v) is 3.66. The molecule has 2 aromatic rings. The lowest BCUT2D eigenvalue weighted by Gasteiger charge is -2.22. The molecule has 29 heavy (non-hydrogen) atoms. The number of aryl methyl sites for hydroxylation is 1. The Morgan fingerprint density at radius 2 is 1.90 bits per heavy atom. The number of carbonyl (C=O) groups excluding carboxylic acids is 3. The van der Waals surface area contributed by atoms with E-state index in [9.17, 15) is 14.4 Å². The number of carbonyl (C=O) groups is 3. The summed E-state index contributed by atoms with van der Waals surface area (Å²) in [5.41, 5.74) is 3.79. The van der Waals surface area contributed by atoms with Crippen molar-refractivity contribution >= 4 is 23.5 Å². The van der Waals surface area contributed by atoms with Gasteiger partial charge >= 0.3 is 11.9 Å². The molecule has 154 valence electrons. The van der Waals surface area contributed by atoms with Gasteiger partial charge in [0.25, 0.3) is 5.91 Å². The molecule has 1 aliphatic rings. The Balaban J connectivity index is 1.65. The molecule has 0 fully saturated rings. The molecule has 0 N–H and O–H groups in total. The van der Waals surface area contributed by atoms with E-state index in [1.165, 1.54) is 0 Å². The van der Waals surface area contributed by atoms with Crippen molar-refractivity contribution in [3.63, 3.8) is 0 Å². The Morgan fingerprint density at radius 3 is 2.62 bits per heavy atom. The number of anilines is 1. The van der Waals surface area contributed by atoms with Gasteiger partial charge in [0, 0.05) is 23.6 Å². The van der Waals surface area contributed by atoms with Crippen molar-refractivity contribution in [1.82, 2.24) is 4.57 Å². The van der Waals surface area contributed by atoms with Crippen LogP contribution in [-0.2, 0) is 32.0 Å². The summed E-state index contributed by atoms with van der Waals surface area (Å²) in [6, 6.07) is 9.43. The Hall–Kier alpha value is -3.09. The van der Waals surface area contributed by atoms with Crippen LogP contribution < -0.4 is 4.90 Å². The van der Waals surface area contributed by atoms with Crippen LogP contribution in [-0.4, -0.2) is 41.7 Å². The summed E-state index contributed by atoms with van der Waals surface area (Å²) in [6.07, 6.45) is -0.101. The lowest BCUT2D eigenvalue weighted by atomic mass is 10.2. The maximum atomic E-state index is 12.8. The van der Waals surface area contributed by atoms with Gasteiger partial charge in [-0.2, -0.15) is 0 Å². The minimum absolute atomic E-state index is 0.0781. The number of hydrogen-bond donors (Lipinski definition) is 0. The second-order valence-corrected chi connectivity index (χ2v) is 7.09. The van der Waals surface area contributed by atoms with E-state index < -0.39 is 18.0 Å². The highest BCUT2D eigenvalue weighted by Gasteiger charge is 2.30. The van der Waals surface area contributed by atoms with Crippen molar-refractivity contribution in [3.05, 3.63) is 52.8 Å². The van der Waals surface area contributed by atoms with E-state index in [-0.39, 0.29) is 19.1 Å². The minimum atomic E-state index is -0.894. The molecule has 0 bridgehead atoms. The van der Waals surface area contributed by atoms with Gasteiger partial charge in [-0.15, -0.1) is 0 Å². The third-order valence-corrected chi connectivity index (χ3v) is 5.17. The standard InChI is InChI=1S/C22H26N2O5/c1-5-28-22(27)18-12-14(2)24(15(18)3)13-20(25)29-16(4)21(26)23-11-10-17-8-6-7-9-19(17)23/h6-9,12,16H,5,10-11,13H2,1-4H3. The van der Waals surface area contributed by atoms with Gasteiger partial charge in [0.05, 0.1) is 12.2 Å². The molecule has 0 saturated carbocycles. The van der Waals surface area contributed by atoms with E-state index >= 15 is 0 Å². The fraction of sp³-hybridized carbons (Fsp3) is 0.409. The monoisotopic (exact) mass is 398 g/mol. The number of para-hydroxylation sites is 1. The molecule has 1 aromatic carbocycles. The summed E-state index contributed by atoms with van der Waals surface area (Å²) >= 11 is 0. The van der Waals surface area contributed by atoms with E-state index in [0.717, 1.165) is 23.4 Å². The van der Waals surface area contributed by atoms with Crippen molar-refractivity contribution < 1.29 is 23.9 Å². The van der Waals surface area contributed by atoms with Gasteiger partial charge in [-0.1, -0.05) is 18.2 Å². The normalized spacial score (nSPS) is 13.7. The highest BCUT2D eigenvalue weighted by atomic mass is 16.5. The van der Waals surface area contributed by atoms with Crippen molar-refractivity contribution in [2.24, 2.45) is 0 Å². The topological polar surface area (TPSA) is 77.8 Å². The van der Waals surface area contributed by atoms with Gasteiger partial charge in [-0.3, -0.25) is 9.59 Å². The summed E-state index contributed by atoms with van der Waals surface area (Å²) < 4.78 is 12.1. The van der Waals surface area contributed by atoms with Crippen LogP contribution in [0.15, 0.2) is 30.3 Å². The van der Waals surface area contributed by atoms with Crippen LogP contribution in [0.5, 0.6) is 0 Å². The third kappa shape index (κ3) is 4.18. The van der Waals surface area contributed by atoms with Gasteiger partial charge in [0.2, 0.25) is 0 Å². The highest BCUT2D eigenvalue weighted by Crippen LogP contribution is 2.28. The zero-order valence-corrected chi connectivity index (χ0v) is 17.2. The molecule has 3 rings (SSSR count). The molecule has 0 spiro atoms. The largest absolute Gasteiger partial charge is 0.462 e. The molecule has 7 nitrogen and oxygen atoms in total. The number of amides is 1. The Labute approximate surface area is 170 Å². The predicted octanol–water partition coefficient (Wildman–Crippen LogP) is 2.80. The highest BCUT2D eigenvalue weighted by molar-refractivity contribution is 5.99. The summed E-state index contributed by atoms with van der Waals surface area (Å²) in [7, 11) is 0. The van der Waals surface area contributed by atoms with Crippen LogP contribution in [0.1, 0.15) is 41.2 Å². The average Bonchev–Trinajstić information content (AvgIpc) is 3.24. The van der Waals surface area contributed by atoms with E-state index in [0.29, 0.717) is 17.8 Å². The fourth-order valence-electron chi connectivity index (χ4n) is 3.66. The Bertz CT molecular complexity index is 947. The first kappa shape index (κ1) is 20.6. The molecule has 2 heterocycles. The molecule has 1 amide bonds. The van der Waals surface area contributed by atoms with Crippen molar-refractivity contribution in [2.45, 2.75) is 46.8 Å². The van der Waals surface area contributed by atoms with E-state index in [2.05, 4.69) is 0 Å². The van der Waals surface area contributed by atoms with Gasteiger partial charge < -0.3 is 18.9 Å². The zero-order chi connectivity index (χ0) is 21.1. The van der Waals surface area contributed by atoms with Gasteiger partial charge in [0.15, 0.2) is 6.10 Å². The van der Waals surface area contributed by atoms with Gasteiger partial charge in [-0.25, -0.2) is 4.79 Å². The first-order valence-electron chi connectivity index (χ1n) is 9.76. The van der Waals surface area contributed by atoms with Crippen LogP contribution in [0.25, 0.3) is 0 Å². The molecule has 0 aliphatic carbocycles. The predicted molar refractivity (Wildman–Crippen MR) is 108 cm³/mol. The number of nitrogens with zero attached hydrogens (tertiary/aromatic N) is 2. The molecular weight excluding hydrogens is 372 g/mol. The van der Waals surface area contributed by atoms with Crippen molar-refractivity contribution in [1.29, 1.82) is 0 Å². The summed E-state index contributed by atoms with van der Waals surface area (Å²) in [5, 5.41) is 0. The van der Waals surface area contributed by atoms with Crippen LogP contribution >= 0.6 is 0 Å². The summed E-state index contributed by atoms with van der Waals surface area (Å²) in [4.78, 5) is 38.9. The Kier molecular flexibility index (Phi) is 6.06.